The minimum absolute atomic E-state index is 0.118. The van der Waals surface area contributed by atoms with Gasteiger partial charge >= 0.3 is 0 Å². The number of carbonyl (C=O) groups is 1. The van der Waals surface area contributed by atoms with Gasteiger partial charge in [0.2, 0.25) is 5.91 Å². The average molecular weight is 545 g/mol. The van der Waals surface area contributed by atoms with E-state index in [4.69, 9.17) is 0 Å². The van der Waals surface area contributed by atoms with Gasteiger partial charge in [0.05, 0.1) is 5.92 Å². The van der Waals surface area contributed by atoms with Crippen molar-refractivity contribution >= 4 is 5.91 Å². The van der Waals surface area contributed by atoms with Crippen molar-refractivity contribution in [1.82, 2.24) is 10.2 Å². The molecule has 2 aliphatic rings. The molecule has 5 rings (SSSR count). The van der Waals surface area contributed by atoms with Gasteiger partial charge in [-0.15, -0.1) is 0 Å². The van der Waals surface area contributed by atoms with E-state index in [2.05, 4.69) is 36.2 Å². The number of nitrogens with zero attached hydrogens (tertiary/aromatic N) is 1. The zero-order valence-corrected chi connectivity index (χ0v) is 23.7. The van der Waals surface area contributed by atoms with Crippen LogP contribution in [0, 0.1) is 29.4 Å². The summed E-state index contributed by atoms with van der Waals surface area (Å²) < 4.78 is 27.1. The van der Waals surface area contributed by atoms with E-state index in [0.29, 0.717) is 11.8 Å². The van der Waals surface area contributed by atoms with E-state index in [9.17, 15) is 13.6 Å². The van der Waals surface area contributed by atoms with Gasteiger partial charge in [-0.25, -0.2) is 8.78 Å². The molecule has 40 heavy (non-hydrogen) atoms. The van der Waals surface area contributed by atoms with Gasteiger partial charge in [-0.3, -0.25) is 4.79 Å². The van der Waals surface area contributed by atoms with Gasteiger partial charge < -0.3 is 10.2 Å². The molecular formula is C35H42F2N2O. The van der Waals surface area contributed by atoms with Gasteiger partial charge in [-0.1, -0.05) is 74.9 Å². The highest BCUT2D eigenvalue weighted by Gasteiger charge is 2.43. The topological polar surface area (TPSA) is 32.3 Å². The number of halogens is 2. The fraction of sp³-hybridized carbons (Fsp3) is 0.457. The second kappa shape index (κ2) is 13.1. The first-order valence-corrected chi connectivity index (χ1v) is 15.0. The Hall–Kier alpha value is -3.05. The van der Waals surface area contributed by atoms with E-state index in [1.165, 1.54) is 30.7 Å². The third-order valence-corrected chi connectivity index (χ3v) is 9.13. The van der Waals surface area contributed by atoms with E-state index in [1.807, 2.05) is 42.5 Å². The van der Waals surface area contributed by atoms with E-state index in [0.717, 1.165) is 62.0 Å². The molecule has 3 aromatic rings. The fourth-order valence-electron chi connectivity index (χ4n) is 7.09. The summed E-state index contributed by atoms with van der Waals surface area (Å²) in [5.41, 5.74) is 3.23. The molecule has 0 bridgehead atoms. The lowest BCUT2D eigenvalue weighted by atomic mass is 9.87. The molecule has 3 nitrogen and oxygen atoms in total. The standard InChI is InChI=1S/C35H42F2N2O/c1-24(2)34(27-8-4-3-5-9-27)35(40)38-33-20-15-28-22-39(23-32(28)33)21-7-6-10-31(25-11-16-29(36)17-12-25)26-13-18-30(37)19-14-26/h3-5,8-9,11-14,16-19,24,28,31-34H,6-7,10,15,20-23H2,1-2H3,(H,38,40)/t28-,32+,33+,34?/m1/s1. The summed E-state index contributed by atoms with van der Waals surface area (Å²) in [5.74, 6) is 1.12. The number of nitrogens with one attached hydrogen (secondary N) is 1. The zero-order valence-electron chi connectivity index (χ0n) is 23.7. The number of hydrogen-bond donors (Lipinski definition) is 1. The van der Waals surface area contributed by atoms with Crippen LogP contribution in [0.5, 0.6) is 0 Å². The van der Waals surface area contributed by atoms with E-state index in [1.54, 1.807) is 0 Å². The fourth-order valence-corrected chi connectivity index (χ4v) is 7.09. The van der Waals surface area contributed by atoms with Crippen LogP contribution in [-0.2, 0) is 4.79 Å². The summed E-state index contributed by atoms with van der Waals surface area (Å²) in [7, 11) is 0. The molecule has 0 radical (unpaired) electrons. The summed E-state index contributed by atoms with van der Waals surface area (Å²) in [6.45, 7) is 7.46. The lowest BCUT2D eigenvalue weighted by Crippen LogP contribution is -2.43. The Bertz CT molecular complexity index is 1180. The van der Waals surface area contributed by atoms with Crippen molar-refractivity contribution in [3.05, 3.63) is 107 Å². The van der Waals surface area contributed by atoms with Gasteiger partial charge in [0.25, 0.3) is 0 Å². The average Bonchev–Trinajstić information content (AvgIpc) is 3.52. The number of amides is 1. The monoisotopic (exact) mass is 544 g/mol. The molecule has 3 aromatic carbocycles. The number of carbonyl (C=O) groups excluding carboxylic acids is 1. The van der Waals surface area contributed by atoms with Crippen LogP contribution in [0.25, 0.3) is 0 Å². The van der Waals surface area contributed by atoms with Crippen molar-refractivity contribution < 1.29 is 13.6 Å². The molecule has 1 saturated carbocycles. The van der Waals surface area contributed by atoms with Crippen LogP contribution in [0.3, 0.4) is 0 Å². The molecule has 0 spiro atoms. The van der Waals surface area contributed by atoms with Gasteiger partial charge in [-0.2, -0.15) is 0 Å². The lowest BCUT2D eigenvalue weighted by molar-refractivity contribution is -0.124. The number of benzene rings is 3. The summed E-state index contributed by atoms with van der Waals surface area (Å²) in [4.78, 5) is 16.0. The smallest absolute Gasteiger partial charge is 0.228 e. The predicted molar refractivity (Wildman–Crippen MR) is 157 cm³/mol. The largest absolute Gasteiger partial charge is 0.352 e. The number of unbranched alkanes of at least 4 members (excludes halogenated alkanes) is 1. The molecule has 1 amide bonds. The van der Waals surface area contributed by atoms with Crippen molar-refractivity contribution in [2.45, 2.75) is 63.8 Å². The van der Waals surface area contributed by atoms with Gasteiger partial charge in [0.1, 0.15) is 11.6 Å². The van der Waals surface area contributed by atoms with Crippen LogP contribution in [0.2, 0.25) is 0 Å². The Balaban J connectivity index is 1.13. The molecule has 1 heterocycles. The van der Waals surface area contributed by atoms with Crippen molar-refractivity contribution in [3.8, 4) is 0 Å². The summed E-state index contributed by atoms with van der Waals surface area (Å²) in [6, 6.07) is 23.8. The van der Waals surface area contributed by atoms with Gasteiger partial charge in [-0.05, 0) is 90.9 Å². The molecular weight excluding hydrogens is 502 g/mol. The maximum atomic E-state index is 13.6. The van der Waals surface area contributed by atoms with Crippen molar-refractivity contribution in [2.75, 3.05) is 19.6 Å². The highest BCUT2D eigenvalue weighted by molar-refractivity contribution is 5.84. The second-order valence-electron chi connectivity index (χ2n) is 12.2. The second-order valence-corrected chi connectivity index (χ2v) is 12.2. The molecule has 2 fully saturated rings. The quantitative estimate of drug-likeness (QED) is 0.253. The van der Waals surface area contributed by atoms with Crippen molar-refractivity contribution in [3.63, 3.8) is 0 Å². The zero-order chi connectivity index (χ0) is 28.1. The molecule has 1 aliphatic carbocycles. The van der Waals surface area contributed by atoms with Crippen molar-refractivity contribution in [1.29, 1.82) is 0 Å². The lowest BCUT2D eigenvalue weighted by Gasteiger charge is -2.26. The maximum Gasteiger partial charge on any atom is 0.228 e. The van der Waals surface area contributed by atoms with Crippen LogP contribution in [-0.4, -0.2) is 36.5 Å². The van der Waals surface area contributed by atoms with Gasteiger partial charge in [0, 0.05) is 25.0 Å². The molecule has 5 heteroatoms. The van der Waals surface area contributed by atoms with E-state index >= 15 is 0 Å². The van der Waals surface area contributed by atoms with Crippen molar-refractivity contribution in [2.24, 2.45) is 17.8 Å². The molecule has 4 atom stereocenters. The van der Waals surface area contributed by atoms with Crippen LogP contribution in [0.1, 0.15) is 74.5 Å². The van der Waals surface area contributed by atoms with E-state index in [-0.39, 0.29) is 41.3 Å². The minimum Gasteiger partial charge on any atom is -0.352 e. The third kappa shape index (κ3) is 6.80. The molecule has 0 aromatic heterocycles. The van der Waals surface area contributed by atoms with Crippen LogP contribution >= 0.6 is 0 Å². The molecule has 212 valence electrons. The Kier molecular flexibility index (Phi) is 9.31. The van der Waals surface area contributed by atoms with E-state index < -0.39 is 0 Å². The van der Waals surface area contributed by atoms with Crippen LogP contribution in [0.4, 0.5) is 8.78 Å². The highest BCUT2D eigenvalue weighted by atomic mass is 19.1. The molecule has 1 saturated heterocycles. The van der Waals surface area contributed by atoms with Crippen LogP contribution < -0.4 is 5.32 Å². The highest BCUT2D eigenvalue weighted by Crippen LogP contribution is 2.39. The Labute approximate surface area is 238 Å². The number of rotatable bonds is 11. The maximum absolute atomic E-state index is 13.6. The Morgan fingerprint density at radius 3 is 2.05 bits per heavy atom. The Morgan fingerprint density at radius 1 is 0.825 bits per heavy atom. The Morgan fingerprint density at radius 2 is 1.45 bits per heavy atom. The van der Waals surface area contributed by atoms with Crippen LogP contribution in [0.15, 0.2) is 78.9 Å². The normalized spacial score (nSPS) is 21.6. The first kappa shape index (κ1) is 28.5. The molecule has 1 N–H and O–H groups in total. The first-order valence-electron chi connectivity index (χ1n) is 15.0. The van der Waals surface area contributed by atoms with Gasteiger partial charge in [0.15, 0.2) is 0 Å². The SMILES string of the molecule is CC(C)C(C(=O)N[C@H]1CC[C@@H]2CN(CCCCC(c3ccc(F)cc3)c3ccc(F)cc3)C[C@@H]21)c1ccccc1. The number of fused-ring (bicyclic) bond motifs is 1. The number of hydrogen-bond acceptors (Lipinski definition) is 2. The summed E-state index contributed by atoms with van der Waals surface area (Å²) >= 11 is 0. The third-order valence-electron chi connectivity index (χ3n) is 9.13. The molecule has 1 unspecified atom stereocenters. The minimum atomic E-state index is -0.240. The summed E-state index contributed by atoms with van der Waals surface area (Å²) in [5, 5.41) is 3.46. The number of likely N-dealkylation sites (tertiary alicyclic amines) is 1. The first-order chi connectivity index (χ1) is 19.4. The predicted octanol–water partition coefficient (Wildman–Crippen LogP) is 7.53. The summed E-state index contributed by atoms with van der Waals surface area (Å²) in [6.07, 6.45) is 5.32. The molecule has 1 aliphatic heterocycles.